The van der Waals surface area contributed by atoms with Gasteiger partial charge in [-0.15, -0.1) is 0 Å². The van der Waals surface area contributed by atoms with Gasteiger partial charge in [-0.3, -0.25) is 9.59 Å². The van der Waals surface area contributed by atoms with E-state index in [9.17, 15) is 18.0 Å². The van der Waals surface area contributed by atoms with Crippen LogP contribution >= 0.6 is 23.2 Å². The number of nitrogens with one attached hydrogen (secondary N) is 1. The first-order valence-electron chi connectivity index (χ1n) is 9.86. The second-order valence-electron chi connectivity index (χ2n) is 7.67. The third-order valence-electron chi connectivity index (χ3n) is 5.57. The Balaban J connectivity index is 1.42. The molecule has 0 atom stereocenters. The van der Waals surface area contributed by atoms with Crippen LogP contribution in [0.25, 0.3) is 0 Å². The Morgan fingerprint density at radius 3 is 2.48 bits per heavy atom. The van der Waals surface area contributed by atoms with Crippen LogP contribution in [0.15, 0.2) is 42.5 Å². The molecule has 1 N–H and O–H groups in total. The number of rotatable bonds is 4. The van der Waals surface area contributed by atoms with Gasteiger partial charge in [0.05, 0.1) is 27.2 Å². The molecule has 2 heterocycles. The first-order valence-corrected chi connectivity index (χ1v) is 12.2. The number of amides is 2. The number of benzene rings is 2. The number of hydrogen-bond donors (Lipinski definition) is 1. The third-order valence-corrected chi connectivity index (χ3v) is 8.16. The van der Waals surface area contributed by atoms with Crippen molar-refractivity contribution in [2.75, 3.05) is 29.9 Å². The molecule has 2 aliphatic rings. The number of sulfonamides is 1. The van der Waals surface area contributed by atoms with Crippen molar-refractivity contribution in [2.45, 2.75) is 18.6 Å². The lowest BCUT2D eigenvalue weighted by Gasteiger charge is -2.35. The van der Waals surface area contributed by atoms with Crippen molar-refractivity contribution in [3.8, 4) is 0 Å². The van der Waals surface area contributed by atoms with Crippen LogP contribution in [0.4, 0.5) is 11.4 Å². The topological polar surface area (TPSA) is 86.8 Å². The number of carbonyl (C=O) groups is 2. The third kappa shape index (κ3) is 4.72. The highest BCUT2D eigenvalue weighted by atomic mass is 35.5. The van der Waals surface area contributed by atoms with E-state index < -0.39 is 10.0 Å². The Morgan fingerprint density at radius 2 is 1.77 bits per heavy atom. The first-order chi connectivity index (χ1) is 14.7. The van der Waals surface area contributed by atoms with Gasteiger partial charge in [-0.05, 0) is 42.7 Å². The Hall–Kier alpha value is -2.13. The molecule has 2 aromatic carbocycles. The number of nitrogens with zero attached hydrogens (tertiary/aromatic N) is 2. The van der Waals surface area contributed by atoms with Crippen LogP contribution in [0.5, 0.6) is 0 Å². The van der Waals surface area contributed by atoms with Gasteiger partial charge in [0, 0.05) is 19.0 Å². The fraction of sp³-hybridized carbons (Fsp3) is 0.333. The lowest BCUT2D eigenvalue weighted by molar-refractivity contribution is -0.125. The molecule has 1 fully saturated rings. The number of para-hydroxylation sites is 2. The zero-order valence-corrected chi connectivity index (χ0v) is 18.9. The Bertz CT molecular complexity index is 1130. The number of anilines is 2. The maximum atomic E-state index is 13.1. The molecule has 0 aliphatic carbocycles. The predicted molar refractivity (Wildman–Crippen MR) is 121 cm³/mol. The van der Waals surface area contributed by atoms with Crippen LogP contribution in [0.2, 0.25) is 10.0 Å². The molecule has 7 nitrogen and oxygen atoms in total. The number of hydrogen-bond acceptors (Lipinski definition) is 4. The first kappa shape index (κ1) is 22.1. The summed E-state index contributed by atoms with van der Waals surface area (Å²) in [6, 6.07) is 11.9. The van der Waals surface area contributed by atoms with Gasteiger partial charge < -0.3 is 10.2 Å². The van der Waals surface area contributed by atoms with Gasteiger partial charge in [0.25, 0.3) is 0 Å². The van der Waals surface area contributed by atoms with E-state index in [2.05, 4.69) is 5.32 Å². The molecule has 0 saturated carbocycles. The lowest BCUT2D eigenvalue weighted by atomic mass is 9.95. The Labute approximate surface area is 191 Å². The van der Waals surface area contributed by atoms with Gasteiger partial charge in [0.15, 0.2) is 0 Å². The molecule has 10 heteroatoms. The molecule has 31 heavy (non-hydrogen) atoms. The largest absolute Gasteiger partial charge is 0.323 e. The van der Waals surface area contributed by atoms with E-state index in [0.29, 0.717) is 39.8 Å². The molecular weight excluding hydrogens is 461 g/mol. The van der Waals surface area contributed by atoms with Crippen LogP contribution in [-0.4, -0.2) is 44.2 Å². The fourth-order valence-electron chi connectivity index (χ4n) is 3.96. The second kappa shape index (κ2) is 8.78. The van der Waals surface area contributed by atoms with Gasteiger partial charge in [0.1, 0.15) is 6.54 Å². The highest BCUT2D eigenvalue weighted by Gasteiger charge is 2.36. The zero-order valence-electron chi connectivity index (χ0n) is 16.6. The quantitative estimate of drug-likeness (QED) is 0.723. The van der Waals surface area contributed by atoms with E-state index in [1.807, 2.05) is 6.07 Å². The van der Waals surface area contributed by atoms with Crippen LogP contribution in [-0.2, 0) is 25.4 Å². The zero-order chi connectivity index (χ0) is 22.2. The van der Waals surface area contributed by atoms with Gasteiger partial charge in [-0.1, -0.05) is 41.4 Å². The molecule has 2 aromatic rings. The van der Waals surface area contributed by atoms with Crippen molar-refractivity contribution in [3.05, 3.63) is 58.1 Å². The number of fused-ring (bicyclic) bond motifs is 1. The highest BCUT2D eigenvalue weighted by Crippen LogP contribution is 2.32. The van der Waals surface area contributed by atoms with Crippen molar-refractivity contribution in [1.29, 1.82) is 0 Å². The summed E-state index contributed by atoms with van der Waals surface area (Å²) in [7, 11) is -3.55. The molecule has 0 bridgehead atoms. The second-order valence-corrected chi connectivity index (χ2v) is 10.5. The summed E-state index contributed by atoms with van der Waals surface area (Å²) in [6.45, 7) is 0.467. The summed E-state index contributed by atoms with van der Waals surface area (Å²) in [5.74, 6) is -0.907. The Kier molecular flexibility index (Phi) is 6.25. The molecule has 0 radical (unpaired) electrons. The number of halogens is 2. The van der Waals surface area contributed by atoms with Crippen molar-refractivity contribution >= 4 is 56.4 Å². The SMILES string of the molecule is O=C1CN(C(=O)C2CCN(S(=O)(=O)Cc3ccc(Cl)c(Cl)c3)CC2)c2ccccc2N1. The average Bonchev–Trinajstić information content (AvgIpc) is 2.75. The van der Waals surface area contributed by atoms with E-state index in [0.717, 1.165) is 0 Å². The average molecular weight is 482 g/mol. The highest BCUT2D eigenvalue weighted by molar-refractivity contribution is 7.88. The van der Waals surface area contributed by atoms with Gasteiger partial charge >= 0.3 is 0 Å². The summed E-state index contributed by atoms with van der Waals surface area (Å²) in [4.78, 5) is 26.6. The summed E-state index contributed by atoms with van der Waals surface area (Å²) in [5, 5.41) is 3.45. The van der Waals surface area contributed by atoms with Crippen molar-refractivity contribution in [3.63, 3.8) is 0 Å². The van der Waals surface area contributed by atoms with Crippen LogP contribution in [0, 0.1) is 5.92 Å². The lowest BCUT2D eigenvalue weighted by Crippen LogP contribution is -2.48. The van der Waals surface area contributed by atoms with Crippen molar-refractivity contribution in [1.82, 2.24) is 4.31 Å². The molecule has 2 aliphatic heterocycles. The van der Waals surface area contributed by atoms with Crippen molar-refractivity contribution < 1.29 is 18.0 Å². The molecule has 164 valence electrons. The molecule has 4 rings (SSSR count). The summed E-state index contributed by atoms with van der Waals surface area (Å²) < 4.78 is 27.1. The molecule has 0 aromatic heterocycles. The normalized spacial score (nSPS) is 17.9. The maximum absolute atomic E-state index is 13.1. The Morgan fingerprint density at radius 1 is 1.06 bits per heavy atom. The molecule has 1 saturated heterocycles. The summed E-state index contributed by atoms with van der Waals surface area (Å²) >= 11 is 11.9. The van der Waals surface area contributed by atoms with E-state index >= 15 is 0 Å². The van der Waals surface area contributed by atoms with Crippen LogP contribution in [0.1, 0.15) is 18.4 Å². The van der Waals surface area contributed by atoms with Crippen LogP contribution < -0.4 is 10.2 Å². The monoisotopic (exact) mass is 481 g/mol. The van der Waals surface area contributed by atoms with E-state index in [1.54, 1.807) is 36.4 Å². The standard InChI is InChI=1S/C21H21Cl2N3O4S/c22-16-6-5-14(11-17(16)23)13-31(29,30)25-9-7-15(8-10-25)21(28)26-12-20(27)24-18-3-1-2-4-19(18)26/h1-6,11,15H,7-10,12-13H2,(H,24,27). The van der Waals surface area contributed by atoms with Gasteiger partial charge in [-0.25, -0.2) is 12.7 Å². The summed E-state index contributed by atoms with van der Waals surface area (Å²) in [5.41, 5.74) is 1.83. The number of carbonyl (C=O) groups excluding carboxylic acids is 2. The van der Waals surface area contributed by atoms with Crippen molar-refractivity contribution in [2.24, 2.45) is 5.92 Å². The smallest absolute Gasteiger partial charge is 0.244 e. The van der Waals surface area contributed by atoms with Crippen LogP contribution in [0.3, 0.4) is 0 Å². The molecular formula is C21H21Cl2N3O4S. The molecule has 0 unspecified atom stereocenters. The van der Waals surface area contributed by atoms with Gasteiger partial charge in [-0.2, -0.15) is 0 Å². The predicted octanol–water partition coefficient (Wildman–Crippen LogP) is 3.52. The van der Waals surface area contributed by atoms with E-state index in [4.69, 9.17) is 23.2 Å². The molecule has 0 spiro atoms. The summed E-state index contributed by atoms with van der Waals surface area (Å²) in [6.07, 6.45) is 0.805. The van der Waals surface area contributed by atoms with E-state index in [1.165, 1.54) is 9.21 Å². The minimum Gasteiger partial charge on any atom is -0.323 e. The minimum atomic E-state index is -3.55. The minimum absolute atomic E-state index is 0.0360. The number of piperidine rings is 1. The maximum Gasteiger partial charge on any atom is 0.244 e. The fourth-order valence-corrected chi connectivity index (χ4v) is 5.83. The molecule has 2 amide bonds. The van der Waals surface area contributed by atoms with Gasteiger partial charge in [0.2, 0.25) is 21.8 Å². The van der Waals surface area contributed by atoms with E-state index in [-0.39, 0.29) is 43.1 Å².